The van der Waals surface area contributed by atoms with Crippen LogP contribution in [-0.2, 0) is 0 Å². The van der Waals surface area contributed by atoms with Gasteiger partial charge < -0.3 is 9.47 Å². The van der Waals surface area contributed by atoms with Crippen molar-refractivity contribution >= 4 is 11.5 Å². The highest BCUT2D eigenvalue weighted by Gasteiger charge is 2.06. The minimum Gasteiger partial charge on any atom is -0.497 e. The molecule has 21 heavy (non-hydrogen) atoms. The Labute approximate surface area is 121 Å². The van der Waals surface area contributed by atoms with Gasteiger partial charge in [-0.1, -0.05) is 0 Å². The number of nitrogens with one attached hydrogen (secondary N) is 1. The molecule has 7 heteroatoms. The molecule has 110 valence electrons. The SMILES string of the molecule is COc1ccc(/C(C)=N/Nc2nc(OC)ncc2F)cc1. The smallest absolute Gasteiger partial charge is 0.318 e. The summed E-state index contributed by atoms with van der Waals surface area (Å²) in [4.78, 5) is 7.49. The van der Waals surface area contributed by atoms with Crippen LogP contribution >= 0.6 is 0 Å². The molecule has 1 N–H and O–H groups in total. The molecule has 2 aromatic rings. The molecule has 0 bridgehead atoms. The summed E-state index contributed by atoms with van der Waals surface area (Å²) in [5.74, 6) is 0.0999. The molecule has 0 radical (unpaired) electrons. The largest absolute Gasteiger partial charge is 0.497 e. The Balaban J connectivity index is 2.15. The summed E-state index contributed by atoms with van der Waals surface area (Å²) in [6.45, 7) is 1.80. The van der Waals surface area contributed by atoms with E-state index in [0.717, 1.165) is 17.5 Å². The first-order valence-corrected chi connectivity index (χ1v) is 6.15. The van der Waals surface area contributed by atoms with E-state index in [4.69, 9.17) is 9.47 Å². The van der Waals surface area contributed by atoms with E-state index in [2.05, 4.69) is 20.5 Å². The molecular formula is C14H15FN4O2. The lowest BCUT2D eigenvalue weighted by atomic mass is 10.1. The van der Waals surface area contributed by atoms with E-state index in [1.807, 2.05) is 24.3 Å². The van der Waals surface area contributed by atoms with Crippen molar-refractivity contribution in [2.75, 3.05) is 19.6 Å². The molecule has 0 aliphatic heterocycles. The van der Waals surface area contributed by atoms with Crippen molar-refractivity contribution in [3.8, 4) is 11.8 Å². The Hall–Kier alpha value is -2.70. The number of aromatic nitrogens is 2. The predicted octanol–water partition coefficient (Wildman–Crippen LogP) is 2.47. The lowest BCUT2D eigenvalue weighted by Gasteiger charge is -2.06. The Kier molecular flexibility index (Phi) is 4.65. The van der Waals surface area contributed by atoms with Crippen LogP contribution < -0.4 is 14.9 Å². The summed E-state index contributed by atoms with van der Waals surface area (Å²) < 4.78 is 23.4. The van der Waals surface area contributed by atoms with Crippen molar-refractivity contribution in [1.29, 1.82) is 0 Å². The van der Waals surface area contributed by atoms with Crippen molar-refractivity contribution in [3.63, 3.8) is 0 Å². The average molecular weight is 290 g/mol. The lowest BCUT2D eigenvalue weighted by molar-refractivity contribution is 0.377. The Morgan fingerprint density at radius 3 is 2.52 bits per heavy atom. The van der Waals surface area contributed by atoms with E-state index >= 15 is 0 Å². The van der Waals surface area contributed by atoms with Gasteiger partial charge in [0.25, 0.3) is 0 Å². The Morgan fingerprint density at radius 2 is 1.90 bits per heavy atom. The number of anilines is 1. The number of hydrazone groups is 1. The predicted molar refractivity (Wildman–Crippen MR) is 77.4 cm³/mol. The highest BCUT2D eigenvalue weighted by atomic mass is 19.1. The van der Waals surface area contributed by atoms with Gasteiger partial charge in [0.1, 0.15) is 5.75 Å². The number of ether oxygens (including phenoxy) is 2. The first-order chi connectivity index (χ1) is 10.1. The fourth-order valence-electron chi connectivity index (χ4n) is 1.56. The summed E-state index contributed by atoms with van der Waals surface area (Å²) in [5.41, 5.74) is 4.12. The molecule has 0 aliphatic rings. The van der Waals surface area contributed by atoms with Gasteiger partial charge in [-0.3, -0.25) is 5.43 Å². The van der Waals surface area contributed by atoms with Gasteiger partial charge in [-0.2, -0.15) is 10.1 Å². The molecular weight excluding hydrogens is 275 g/mol. The maximum atomic E-state index is 13.5. The van der Waals surface area contributed by atoms with Crippen LogP contribution in [0.3, 0.4) is 0 Å². The fourth-order valence-corrected chi connectivity index (χ4v) is 1.56. The molecule has 0 spiro atoms. The van der Waals surface area contributed by atoms with Crippen LogP contribution in [0.25, 0.3) is 0 Å². The zero-order valence-corrected chi connectivity index (χ0v) is 11.9. The van der Waals surface area contributed by atoms with Gasteiger partial charge in [-0.25, -0.2) is 9.37 Å². The summed E-state index contributed by atoms with van der Waals surface area (Å²) in [6.07, 6.45) is 1.02. The first kappa shape index (κ1) is 14.7. The zero-order valence-electron chi connectivity index (χ0n) is 11.9. The highest BCUT2D eigenvalue weighted by molar-refractivity contribution is 5.99. The second-order valence-electron chi connectivity index (χ2n) is 4.09. The van der Waals surface area contributed by atoms with Crippen LogP contribution in [-0.4, -0.2) is 29.9 Å². The van der Waals surface area contributed by atoms with Crippen LogP contribution in [0.1, 0.15) is 12.5 Å². The van der Waals surface area contributed by atoms with Crippen LogP contribution in [0.5, 0.6) is 11.8 Å². The Bertz CT molecular complexity index is 644. The third kappa shape index (κ3) is 3.65. The maximum Gasteiger partial charge on any atom is 0.318 e. The molecule has 0 aliphatic carbocycles. The molecule has 0 saturated heterocycles. The number of nitrogens with zero attached hydrogens (tertiary/aromatic N) is 3. The van der Waals surface area contributed by atoms with Crippen LogP contribution in [0.4, 0.5) is 10.2 Å². The van der Waals surface area contributed by atoms with E-state index in [-0.39, 0.29) is 11.8 Å². The van der Waals surface area contributed by atoms with Crippen molar-refractivity contribution in [1.82, 2.24) is 9.97 Å². The molecule has 0 fully saturated rings. The summed E-state index contributed by atoms with van der Waals surface area (Å²) in [7, 11) is 3.01. The molecule has 1 aromatic carbocycles. The van der Waals surface area contributed by atoms with Crippen molar-refractivity contribution < 1.29 is 13.9 Å². The standard InChI is InChI=1S/C14H15FN4O2/c1-9(10-4-6-11(20-2)7-5-10)18-19-13-12(15)8-16-14(17-13)21-3/h4-8H,1-3H3,(H,16,17,19)/b18-9+. The lowest BCUT2D eigenvalue weighted by Crippen LogP contribution is -2.04. The monoisotopic (exact) mass is 290 g/mol. The normalized spacial score (nSPS) is 11.1. The van der Waals surface area contributed by atoms with Crippen molar-refractivity contribution in [2.24, 2.45) is 5.10 Å². The quantitative estimate of drug-likeness (QED) is 0.676. The first-order valence-electron chi connectivity index (χ1n) is 6.15. The van der Waals surface area contributed by atoms with E-state index < -0.39 is 5.82 Å². The summed E-state index contributed by atoms with van der Waals surface area (Å²) in [5, 5.41) is 4.10. The number of benzene rings is 1. The average Bonchev–Trinajstić information content (AvgIpc) is 2.54. The molecule has 6 nitrogen and oxygen atoms in total. The Morgan fingerprint density at radius 1 is 1.19 bits per heavy atom. The van der Waals surface area contributed by atoms with Crippen LogP contribution in [0.2, 0.25) is 0 Å². The minimum atomic E-state index is -0.609. The second kappa shape index (κ2) is 6.65. The van der Waals surface area contributed by atoms with E-state index in [1.54, 1.807) is 14.0 Å². The van der Waals surface area contributed by atoms with Crippen LogP contribution in [0.15, 0.2) is 35.6 Å². The van der Waals surface area contributed by atoms with Crippen molar-refractivity contribution in [2.45, 2.75) is 6.92 Å². The van der Waals surface area contributed by atoms with Gasteiger partial charge in [0.2, 0.25) is 0 Å². The molecule has 0 unspecified atom stereocenters. The number of methoxy groups -OCH3 is 2. The second-order valence-corrected chi connectivity index (χ2v) is 4.09. The number of hydrogen-bond acceptors (Lipinski definition) is 6. The van der Waals surface area contributed by atoms with E-state index in [1.165, 1.54) is 7.11 Å². The summed E-state index contributed by atoms with van der Waals surface area (Å²) in [6, 6.07) is 7.42. The topological polar surface area (TPSA) is 68.6 Å². The number of rotatable bonds is 5. The van der Waals surface area contributed by atoms with Crippen molar-refractivity contribution in [3.05, 3.63) is 41.8 Å². The third-order valence-electron chi connectivity index (χ3n) is 2.74. The van der Waals surface area contributed by atoms with Gasteiger partial charge in [0.05, 0.1) is 26.1 Å². The number of hydrogen-bond donors (Lipinski definition) is 1. The van der Waals surface area contributed by atoms with Gasteiger partial charge >= 0.3 is 6.01 Å². The molecule has 0 amide bonds. The minimum absolute atomic E-state index is 0.0466. The van der Waals surface area contributed by atoms with E-state index in [9.17, 15) is 4.39 Å². The fraction of sp³-hybridized carbons (Fsp3) is 0.214. The third-order valence-corrected chi connectivity index (χ3v) is 2.74. The molecule has 1 heterocycles. The van der Waals surface area contributed by atoms with Gasteiger partial charge in [-0.05, 0) is 36.8 Å². The zero-order chi connectivity index (χ0) is 15.2. The van der Waals surface area contributed by atoms with Gasteiger partial charge in [0.15, 0.2) is 11.6 Å². The van der Waals surface area contributed by atoms with Crippen LogP contribution in [0, 0.1) is 5.82 Å². The molecule has 0 atom stereocenters. The summed E-state index contributed by atoms with van der Waals surface area (Å²) >= 11 is 0. The van der Waals surface area contributed by atoms with Gasteiger partial charge in [-0.15, -0.1) is 0 Å². The highest BCUT2D eigenvalue weighted by Crippen LogP contribution is 2.14. The number of halogens is 1. The molecule has 2 rings (SSSR count). The maximum absolute atomic E-state index is 13.5. The van der Waals surface area contributed by atoms with Gasteiger partial charge in [0, 0.05) is 0 Å². The molecule has 1 aromatic heterocycles. The van der Waals surface area contributed by atoms with E-state index in [0.29, 0.717) is 5.71 Å². The molecule has 0 saturated carbocycles.